The summed E-state index contributed by atoms with van der Waals surface area (Å²) < 4.78 is 3.67. The normalized spacial score (nSPS) is 11.7. The van der Waals surface area contributed by atoms with Crippen molar-refractivity contribution in [1.82, 2.24) is 9.55 Å². The van der Waals surface area contributed by atoms with E-state index in [2.05, 4.69) is 123 Å². The van der Waals surface area contributed by atoms with Gasteiger partial charge in [0.15, 0.2) is 0 Å². The second kappa shape index (κ2) is 9.07. The third kappa shape index (κ3) is 3.94. The van der Waals surface area contributed by atoms with Crippen LogP contribution in [0.2, 0.25) is 0 Å². The van der Waals surface area contributed by atoms with E-state index in [0.29, 0.717) is 5.92 Å². The number of fused-ring (bicyclic) bond motifs is 2. The van der Waals surface area contributed by atoms with Crippen molar-refractivity contribution in [2.45, 2.75) is 34.1 Å². The maximum Gasteiger partial charge on any atom is 0.147 e. The Hall–Kier alpha value is -3.69. The van der Waals surface area contributed by atoms with Crippen LogP contribution < -0.4 is 0 Å². The molecule has 0 unspecified atom stereocenters. The van der Waals surface area contributed by atoms with Crippen LogP contribution in [0.1, 0.15) is 30.5 Å². The molecule has 0 spiro atoms. The summed E-state index contributed by atoms with van der Waals surface area (Å²) in [7, 11) is 0. The van der Waals surface area contributed by atoms with Gasteiger partial charge < -0.3 is 0 Å². The monoisotopic (exact) mass is 486 g/mol. The van der Waals surface area contributed by atoms with E-state index in [-0.39, 0.29) is 0 Å². The van der Waals surface area contributed by atoms with Crippen LogP contribution in [0.25, 0.3) is 49.3 Å². The van der Waals surface area contributed by atoms with Crippen molar-refractivity contribution in [3.63, 3.8) is 0 Å². The number of rotatable bonds is 5. The predicted octanol–water partition coefficient (Wildman–Crippen LogP) is 9.39. The van der Waals surface area contributed by atoms with Gasteiger partial charge in [-0.05, 0) is 84.3 Å². The fourth-order valence-corrected chi connectivity index (χ4v) is 6.44. The lowest BCUT2D eigenvalue weighted by atomic mass is 9.95. The molecule has 0 amide bonds. The van der Waals surface area contributed by atoms with Gasteiger partial charge in [-0.15, -0.1) is 11.3 Å². The van der Waals surface area contributed by atoms with Gasteiger partial charge in [-0.2, -0.15) is 0 Å². The molecule has 0 atom stereocenters. The molecule has 0 aliphatic carbocycles. The molecule has 3 heteroatoms. The Balaban J connectivity index is 1.55. The van der Waals surface area contributed by atoms with Crippen LogP contribution >= 0.6 is 11.3 Å². The molecule has 2 aromatic heterocycles. The maximum atomic E-state index is 5.16. The highest BCUT2D eigenvalue weighted by atomic mass is 32.1. The Bertz CT molecular complexity index is 1680. The van der Waals surface area contributed by atoms with Gasteiger partial charge in [0.1, 0.15) is 5.82 Å². The van der Waals surface area contributed by atoms with Crippen molar-refractivity contribution < 1.29 is 0 Å². The molecule has 2 nitrogen and oxygen atoms in total. The summed E-state index contributed by atoms with van der Waals surface area (Å²) in [6.07, 6.45) is 1.11. The number of hydrogen-bond acceptors (Lipinski definition) is 2. The first-order valence-corrected chi connectivity index (χ1v) is 13.5. The van der Waals surface area contributed by atoms with Gasteiger partial charge in [-0.3, -0.25) is 4.57 Å². The van der Waals surface area contributed by atoms with E-state index >= 15 is 0 Å². The zero-order valence-corrected chi connectivity index (χ0v) is 22.1. The van der Waals surface area contributed by atoms with Crippen molar-refractivity contribution in [2.24, 2.45) is 5.92 Å². The Morgan fingerprint density at radius 3 is 2.31 bits per heavy atom. The number of para-hydroxylation sites is 2. The van der Waals surface area contributed by atoms with Crippen LogP contribution in [-0.4, -0.2) is 9.55 Å². The molecule has 0 radical (unpaired) electrons. The average Bonchev–Trinajstić information content (AvgIpc) is 3.45. The van der Waals surface area contributed by atoms with E-state index in [4.69, 9.17) is 4.98 Å². The smallest absolute Gasteiger partial charge is 0.147 e. The van der Waals surface area contributed by atoms with E-state index in [9.17, 15) is 0 Å². The first-order chi connectivity index (χ1) is 17.5. The standard InChI is InChI=1S/C33H30N2S/c1-21(2)16-24-14-15-27-28(20-36-31(27)19-24)33-34-29-12-8-9-13-30(29)35(33)26-17-22(3)32(23(4)18-26)25-10-6-5-7-11-25/h5-15,17-21H,16H2,1-4H3. The Kier molecular flexibility index (Phi) is 5.73. The van der Waals surface area contributed by atoms with Gasteiger partial charge in [0.25, 0.3) is 0 Å². The Morgan fingerprint density at radius 1 is 0.833 bits per heavy atom. The largest absolute Gasteiger partial charge is 0.292 e. The lowest BCUT2D eigenvalue weighted by Gasteiger charge is -2.16. The second-order valence-electron chi connectivity index (χ2n) is 10.2. The molecule has 0 fully saturated rings. The van der Waals surface area contributed by atoms with Gasteiger partial charge in [0, 0.05) is 26.7 Å². The zero-order chi connectivity index (χ0) is 24.8. The molecule has 0 saturated carbocycles. The summed E-state index contributed by atoms with van der Waals surface area (Å²) in [6.45, 7) is 8.99. The SMILES string of the molecule is Cc1cc(-n2c(-c3csc4cc(CC(C)C)ccc34)nc3ccccc32)cc(C)c1-c1ccccc1. The number of hydrogen-bond donors (Lipinski definition) is 0. The van der Waals surface area contributed by atoms with Crippen molar-refractivity contribution in [1.29, 1.82) is 0 Å². The number of benzene rings is 4. The molecule has 0 aliphatic heterocycles. The molecule has 6 aromatic rings. The molecule has 178 valence electrons. The van der Waals surface area contributed by atoms with E-state index in [0.717, 1.165) is 29.0 Å². The number of thiophene rings is 1. The highest BCUT2D eigenvalue weighted by Gasteiger charge is 2.19. The fourth-order valence-electron chi connectivity index (χ4n) is 5.44. The minimum Gasteiger partial charge on any atom is -0.292 e. The number of nitrogens with zero attached hydrogens (tertiary/aromatic N) is 2. The minimum atomic E-state index is 0.649. The van der Waals surface area contributed by atoms with Gasteiger partial charge >= 0.3 is 0 Å². The van der Waals surface area contributed by atoms with Crippen molar-refractivity contribution in [3.8, 4) is 28.2 Å². The highest BCUT2D eigenvalue weighted by Crippen LogP contribution is 2.38. The fraction of sp³-hybridized carbons (Fsp3) is 0.182. The maximum absolute atomic E-state index is 5.16. The molecule has 0 aliphatic rings. The third-order valence-corrected chi connectivity index (χ3v) is 7.87. The van der Waals surface area contributed by atoms with Crippen LogP contribution in [-0.2, 0) is 6.42 Å². The second-order valence-corrected chi connectivity index (χ2v) is 11.1. The van der Waals surface area contributed by atoms with Crippen LogP contribution in [0.4, 0.5) is 0 Å². The molecule has 6 rings (SSSR count). The van der Waals surface area contributed by atoms with Gasteiger partial charge in [-0.1, -0.05) is 68.4 Å². The summed E-state index contributed by atoms with van der Waals surface area (Å²) >= 11 is 1.82. The minimum absolute atomic E-state index is 0.649. The van der Waals surface area contributed by atoms with E-state index in [1.165, 1.54) is 43.5 Å². The summed E-state index contributed by atoms with van der Waals surface area (Å²) in [4.78, 5) is 5.16. The molecule has 0 bridgehead atoms. The Labute approximate surface area is 216 Å². The van der Waals surface area contributed by atoms with Crippen LogP contribution in [0.5, 0.6) is 0 Å². The number of aryl methyl sites for hydroxylation is 2. The summed E-state index contributed by atoms with van der Waals surface area (Å²) in [5.74, 6) is 1.65. The van der Waals surface area contributed by atoms with Gasteiger partial charge in [0.05, 0.1) is 11.0 Å². The average molecular weight is 487 g/mol. The topological polar surface area (TPSA) is 17.8 Å². The first-order valence-electron chi connectivity index (χ1n) is 12.6. The lowest BCUT2D eigenvalue weighted by molar-refractivity contribution is 0.648. The van der Waals surface area contributed by atoms with E-state index in [1.807, 2.05) is 11.3 Å². The van der Waals surface area contributed by atoms with Crippen molar-refractivity contribution in [2.75, 3.05) is 0 Å². The number of aromatic nitrogens is 2. The van der Waals surface area contributed by atoms with Crippen molar-refractivity contribution in [3.05, 3.63) is 107 Å². The zero-order valence-electron chi connectivity index (χ0n) is 21.2. The molecule has 0 N–H and O–H groups in total. The molecular formula is C33H30N2S. The quantitative estimate of drug-likeness (QED) is 0.237. The number of imidazole rings is 1. The summed E-state index contributed by atoms with van der Waals surface area (Å²) in [5.41, 5.74) is 11.0. The molecule has 4 aromatic carbocycles. The molecule has 36 heavy (non-hydrogen) atoms. The van der Waals surface area contributed by atoms with Crippen LogP contribution in [0, 0.1) is 19.8 Å². The van der Waals surface area contributed by atoms with Crippen LogP contribution in [0.3, 0.4) is 0 Å². The lowest BCUT2D eigenvalue weighted by Crippen LogP contribution is -2.00. The summed E-state index contributed by atoms with van der Waals surface area (Å²) in [5, 5.41) is 3.55. The van der Waals surface area contributed by atoms with Gasteiger partial charge in [-0.25, -0.2) is 4.98 Å². The molecule has 2 heterocycles. The molecule has 0 saturated heterocycles. The van der Waals surface area contributed by atoms with E-state index < -0.39 is 0 Å². The van der Waals surface area contributed by atoms with Crippen molar-refractivity contribution >= 4 is 32.5 Å². The first kappa shape index (κ1) is 22.8. The van der Waals surface area contributed by atoms with E-state index in [1.54, 1.807) is 0 Å². The van der Waals surface area contributed by atoms with Gasteiger partial charge in [0.2, 0.25) is 0 Å². The molecular weight excluding hydrogens is 456 g/mol. The predicted molar refractivity (Wildman–Crippen MR) is 155 cm³/mol. The summed E-state index contributed by atoms with van der Waals surface area (Å²) in [6, 6.07) is 30.7. The highest BCUT2D eigenvalue weighted by molar-refractivity contribution is 7.17. The third-order valence-electron chi connectivity index (χ3n) is 6.92. The van der Waals surface area contributed by atoms with Crippen LogP contribution in [0.15, 0.2) is 90.3 Å². The Morgan fingerprint density at radius 2 is 1.56 bits per heavy atom.